The summed E-state index contributed by atoms with van der Waals surface area (Å²) in [6.07, 6.45) is 6.69. The van der Waals surface area contributed by atoms with E-state index in [1.165, 1.54) is 5.56 Å². The van der Waals surface area contributed by atoms with Crippen LogP contribution in [0.4, 0.5) is 0 Å². The van der Waals surface area contributed by atoms with Crippen molar-refractivity contribution in [3.8, 4) is 0 Å². The van der Waals surface area contributed by atoms with Crippen molar-refractivity contribution in [1.82, 2.24) is 14.7 Å². The number of nitrogens with zero attached hydrogens (tertiary/aromatic N) is 3. The van der Waals surface area contributed by atoms with Crippen LogP contribution in [0.5, 0.6) is 0 Å². The van der Waals surface area contributed by atoms with Crippen LogP contribution in [0.25, 0.3) is 0 Å². The lowest BCUT2D eigenvalue weighted by Gasteiger charge is -2.28. The highest BCUT2D eigenvalue weighted by molar-refractivity contribution is 5.93. The van der Waals surface area contributed by atoms with Crippen molar-refractivity contribution in [3.63, 3.8) is 0 Å². The second kappa shape index (κ2) is 7.40. The Morgan fingerprint density at radius 3 is 2.72 bits per heavy atom. The average molecular weight is 339 g/mol. The quantitative estimate of drug-likeness (QED) is 0.860. The number of carbonyl (C=O) groups is 1. The van der Waals surface area contributed by atoms with E-state index in [0.29, 0.717) is 0 Å². The molecule has 25 heavy (non-hydrogen) atoms. The summed E-state index contributed by atoms with van der Waals surface area (Å²) in [5, 5.41) is 4.45. The maximum atomic E-state index is 13.2. The number of ether oxygens (including phenoxy) is 1. The molecule has 2 aliphatic heterocycles. The van der Waals surface area contributed by atoms with Gasteiger partial charge in [0.25, 0.3) is 5.91 Å². The molecule has 1 amide bonds. The van der Waals surface area contributed by atoms with Gasteiger partial charge in [0.05, 0.1) is 6.04 Å². The molecule has 0 saturated carbocycles. The van der Waals surface area contributed by atoms with Crippen LogP contribution >= 0.6 is 0 Å². The molecule has 5 heteroatoms. The maximum absolute atomic E-state index is 13.2. The molecule has 2 aliphatic rings. The SMILES string of the molecule is O=C(c1ccnn1C1CCOCC1)N1CCCC1Cc1ccccc1. The van der Waals surface area contributed by atoms with Gasteiger partial charge in [-0.25, -0.2) is 0 Å². The maximum Gasteiger partial charge on any atom is 0.272 e. The summed E-state index contributed by atoms with van der Waals surface area (Å²) in [6.45, 7) is 2.34. The van der Waals surface area contributed by atoms with Crippen LogP contribution in [0.1, 0.15) is 47.8 Å². The summed E-state index contributed by atoms with van der Waals surface area (Å²) in [6, 6.07) is 12.9. The predicted molar refractivity (Wildman–Crippen MR) is 95.5 cm³/mol. The van der Waals surface area contributed by atoms with E-state index in [1.54, 1.807) is 6.20 Å². The number of aromatic nitrogens is 2. The molecule has 1 unspecified atom stereocenters. The highest BCUT2D eigenvalue weighted by atomic mass is 16.5. The number of rotatable bonds is 4. The van der Waals surface area contributed by atoms with Gasteiger partial charge in [-0.1, -0.05) is 30.3 Å². The molecular weight excluding hydrogens is 314 g/mol. The molecule has 3 heterocycles. The lowest BCUT2D eigenvalue weighted by Crippen LogP contribution is -2.38. The number of hydrogen-bond donors (Lipinski definition) is 0. The minimum absolute atomic E-state index is 0.127. The Bertz CT molecular complexity index is 707. The van der Waals surface area contributed by atoms with Gasteiger partial charge in [-0.15, -0.1) is 0 Å². The number of benzene rings is 1. The fourth-order valence-corrected chi connectivity index (χ4v) is 4.05. The number of likely N-dealkylation sites (tertiary alicyclic amines) is 1. The van der Waals surface area contributed by atoms with Crippen LogP contribution < -0.4 is 0 Å². The monoisotopic (exact) mass is 339 g/mol. The van der Waals surface area contributed by atoms with Crippen molar-refractivity contribution < 1.29 is 9.53 Å². The Hall–Kier alpha value is -2.14. The van der Waals surface area contributed by atoms with Gasteiger partial charge in [0.15, 0.2) is 0 Å². The lowest BCUT2D eigenvalue weighted by atomic mass is 10.0. The minimum Gasteiger partial charge on any atom is -0.381 e. The second-order valence-electron chi connectivity index (χ2n) is 6.99. The number of carbonyl (C=O) groups excluding carboxylic acids is 1. The van der Waals surface area contributed by atoms with Crippen LogP contribution in [0.2, 0.25) is 0 Å². The Labute approximate surface area is 148 Å². The highest BCUT2D eigenvalue weighted by Crippen LogP contribution is 2.26. The third kappa shape index (κ3) is 3.47. The molecular formula is C20H25N3O2. The fourth-order valence-electron chi connectivity index (χ4n) is 4.05. The van der Waals surface area contributed by atoms with Gasteiger partial charge in [-0.05, 0) is 43.7 Å². The molecule has 0 bridgehead atoms. The van der Waals surface area contributed by atoms with Crippen LogP contribution in [-0.2, 0) is 11.2 Å². The van der Waals surface area contributed by atoms with Gasteiger partial charge in [-0.2, -0.15) is 5.10 Å². The lowest BCUT2D eigenvalue weighted by molar-refractivity contribution is 0.0602. The zero-order valence-electron chi connectivity index (χ0n) is 14.5. The topological polar surface area (TPSA) is 47.4 Å². The first kappa shape index (κ1) is 16.3. The molecule has 0 radical (unpaired) electrons. The molecule has 0 spiro atoms. The van der Waals surface area contributed by atoms with Crippen molar-refractivity contribution in [2.45, 2.75) is 44.2 Å². The fraction of sp³-hybridized carbons (Fsp3) is 0.500. The van der Waals surface area contributed by atoms with E-state index in [2.05, 4.69) is 34.3 Å². The zero-order chi connectivity index (χ0) is 17.1. The van der Waals surface area contributed by atoms with Crippen LogP contribution in [0, 0.1) is 0 Å². The summed E-state index contributed by atoms with van der Waals surface area (Å²) in [4.78, 5) is 15.3. The van der Waals surface area contributed by atoms with E-state index in [0.717, 1.165) is 57.6 Å². The van der Waals surface area contributed by atoms with Gasteiger partial charge in [0, 0.05) is 32.0 Å². The molecule has 0 N–H and O–H groups in total. The van der Waals surface area contributed by atoms with E-state index in [4.69, 9.17) is 4.74 Å². The summed E-state index contributed by atoms with van der Waals surface area (Å²) < 4.78 is 7.38. The summed E-state index contributed by atoms with van der Waals surface area (Å²) in [5.74, 6) is 0.127. The van der Waals surface area contributed by atoms with Crippen molar-refractivity contribution in [2.24, 2.45) is 0 Å². The van der Waals surface area contributed by atoms with Gasteiger partial charge < -0.3 is 9.64 Å². The Balaban J connectivity index is 1.51. The molecule has 2 aromatic rings. The molecule has 4 rings (SSSR count). The van der Waals surface area contributed by atoms with Crippen LogP contribution in [-0.4, -0.2) is 46.4 Å². The summed E-state index contributed by atoms with van der Waals surface area (Å²) >= 11 is 0. The third-order valence-corrected chi connectivity index (χ3v) is 5.38. The summed E-state index contributed by atoms with van der Waals surface area (Å²) in [7, 11) is 0. The first-order valence-corrected chi connectivity index (χ1v) is 9.29. The van der Waals surface area contributed by atoms with E-state index >= 15 is 0 Å². The normalized spacial score (nSPS) is 21.6. The number of hydrogen-bond acceptors (Lipinski definition) is 3. The molecule has 2 fully saturated rings. The van der Waals surface area contributed by atoms with Gasteiger partial charge >= 0.3 is 0 Å². The standard InChI is InChI=1S/C20H25N3O2/c24-20(19-8-11-21-23(19)17-9-13-25-14-10-17)22-12-4-7-18(22)15-16-5-2-1-3-6-16/h1-3,5-6,8,11,17-18H,4,7,9-10,12-15H2. The molecule has 1 aromatic heterocycles. The molecule has 5 nitrogen and oxygen atoms in total. The van der Waals surface area contributed by atoms with Crippen LogP contribution in [0.3, 0.4) is 0 Å². The Morgan fingerprint density at radius 2 is 1.92 bits per heavy atom. The van der Waals surface area contributed by atoms with E-state index in [-0.39, 0.29) is 18.0 Å². The number of amides is 1. The van der Waals surface area contributed by atoms with Gasteiger partial charge in [-0.3, -0.25) is 9.48 Å². The highest BCUT2D eigenvalue weighted by Gasteiger charge is 2.32. The average Bonchev–Trinajstić information content (AvgIpc) is 3.32. The Morgan fingerprint density at radius 1 is 1.12 bits per heavy atom. The minimum atomic E-state index is 0.127. The van der Waals surface area contributed by atoms with Crippen molar-refractivity contribution >= 4 is 5.91 Å². The predicted octanol–water partition coefficient (Wildman–Crippen LogP) is 3.08. The van der Waals surface area contributed by atoms with Gasteiger partial charge in [0.1, 0.15) is 5.69 Å². The largest absolute Gasteiger partial charge is 0.381 e. The van der Waals surface area contributed by atoms with E-state index in [9.17, 15) is 4.79 Å². The second-order valence-corrected chi connectivity index (χ2v) is 6.99. The summed E-state index contributed by atoms with van der Waals surface area (Å²) in [5.41, 5.74) is 2.02. The van der Waals surface area contributed by atoms with Crippen LogP contribution in [0.15, 0.2) is 42.6 Å². The van der Waals surface area contributed by atoms with Crippen molar-refractivity contribution in [1.29, 1.82) is 0 Å². The molecule has 0 aliphatic carbocycles. The first-order valence-electron chi connectivity index (χ1n) is 9.29. The zero-order valence-corrected chi connectivity index (χ0v) is 14.5. The van der Waals surface area contributed by atoms with Gasteiger partial charge in [0.2, 0.25) is 0 Å². The first-order chi connectivity index (χ1) is 12.3. The molecule has 2 saturated heterocycles. The van der Waals surface area contributed by atoms with E-state index in [1.807, 2.05) is 16.8 Å². The van der Waals surface area contributed by atoms with Crippen molar-refractivity contribution in [3.05, 3.63) is 53.9 Å². The molecule has 1 aromatic carbocycles. The van der Waals surface area contributed by atoms with Crippen molar-refractivity contribution in [2.75, 3.05) is 19.8 Å². The Kier molecular flexibility index (Phi) is 4.83. The third-order valence-electron chi connectivity index (χ3n) is 5.38. The van der Waals surface area contributed by atoms with E-state index < -0.39 is 0 Å². The smallest absolute Gasteiger partial charge is 0.272 e. The molecule has 132 valence electrons. The molecule has 1 atom stereocenters.